The summed E-state index contributed by atoms with van der Waals surface area (Å²) in [5.41, 5.74) is 3.68. The lowest BCUT2D eigenvalue weighted by Gasteiger charge is -2.35. The quantitative estimate of drug-likeness (QED) is 0.740. The molecule has 4 rings (SSSR count). The van der Waals surface area contributed by atoms with Crippen LogP contribution >= 0.6 is 0 Å². The molecule has 0 aliphatic carbocycles. The highest BCUT2D eigenvalue weighted by Crippen LogP contribution is 2.18. The number of rotatable bonds is 4. The molecule has 7 heteroatoms. The van der Waals surface area contributed by atoms with Crippen LogP contribution < -0.4 is 10.2 Å². The molecule has 1 aliphatic rings. The lowest BCUT2D eigenvalue weighted by Crippen LogP contribution is -2.49. The average Bonchev–Trinajstić information content (AvgIpc) is 2.74. The lowest BCUT2D eigenvalue weighted by atomic mass is 10.1. The summed E-state index contributed by atoms with van der Waals surface area (Å²) in [6.45, 7) is 6.89. The molecule has 1 fully saturated rings. The molecule has 0 bridgehead atoms. The Labute approximate surface area is 170 Å². The van der Waals surface area contributed by atoms with Crippen molar-refractivity contribution >= 4 is 23.2 Å². The highest BCUT2D eigenvalue weighted by molar-refractivity contribution is 5.92. The van der Waals surface area contributed by atoms with Crippen molar-refractivity contribution in [3.8, 4) is 0 Å². The third kappa shape index (κ3) is 4.51. The molecule has 1 aliphatic heterocycles. The fourth-order valence-corrected chi connectivity index (χ4v) is 3.55. The van der Waals surface area contributed by atoms with Crippen LogP contribution in [0.3, 0.4) is 0 Å². The van der Waals surface area contributed by atoms with E-state index < -0.39 is 0 Å². The molecular formula is C22H24N6O. The Bertz CT molecular complexity index is 962. The smallest absolute Gasteiger partial charge is 0.274 e. The molecule has 0 saturated carbocycles. The number of aromatic nitrogens is 3. The third-order valence-corrected chi connectivity index (χ3v) is 4.92. The predicted molar refractivity (Wildman–Crippen MR) is 114 cm³/mol. The summed E-state index contributed by atoms with van der Waals surface area (Å²) >= 11 is 0. The fourth-order valence-electron chi connectivity index (χ4n) is 3.55. The monoisotopic (exact) mass is 388 g/mol. The van der Waals surface area contributed by atoms with Crippen LogP contribution in [0.15, 0.2) is 54.7 Å². The van der Waals surface area contributed by atoms with E-state index >= 15 is 0 Å². The van der Waals surface area contributed by atoms with Gasteiger partial charge in [0.1, 0.15) is 5.82 Å². The van der Waals surface area contributed by atoms with Crippen LogP contribution in [0, 0.1) is 13.8 Å². The number of hydrogen-bond donors (Lipinski definition) is 1. The Morgan fingerprint density at radius 1 is 0.931 bits per heavy atom. The first kappa shape index (κ1) is 18.9. The van der Waals surface area contributed by atoms with Gasteiger partial charge in [-0.2, -0.15) is 0 Å². The second-order valence-corrected chi connectivity index (χ2v) is 7.27. The van der Waals surface area contributed by atoms with Crippen molar-refractivity contribution in [2.45, 2.75) is 13.8 Å². The molecule has 1 aromatic carbocycles. The van der Waals surface area contributed by atoms with Gasteiger partial charge in [-0.3, -0.25) is 4.79 Å². The number of aryl methyl sites for hydroxylation is 2. The van der Waals surface area contributed by atoms with Gasteiger partial charge >= 0.3 is 0 Å². The lowest BCUT2D eigenvalue weighted by molar-refractivity contribution is 0.0739. The van der Waals surface area contributed by atoms with Gasteiger partial charge in [0.2, 0.25) is 0 Å². The van der Waals surface area contributed by atoms with Crippen molar-refractivity contribution in [3.63, 3.8) is 0 Å². The maximum Gasteiger partial charge on any atom is 0.274 e. The zero-order valence-electron chi connectivity index (χ0n) is 16.7. The second kappa shape index (κ2) is 8.26. The Hall–Kier alpha value is -3.48. The van der Waals surface area contributed by atoms with Crippen molar-refractivity contribution in [1.29, 1.82) is 0 Å². The van der Waals surface area contributed by atoms with E-state index in [-0.39, 0.29) is 5.91 Å². The van der Waals surface area contributed by atoms with Gasteiger partial charge in [-0.15, -0.1) is 10.2 Å². The molecule has 0 spiro atoms. The number of benzene rings is 1. The van der Waals surface area contributed by atoms with E-state index in [1.54, 1.807) is 18.3 Å². The van der Waals surface area contributed by atoms with E-state index in [0.717, 1.165) is 24.6 Å². The number of pyridine rings is 1. The van der Waals surface area contributed by atoms with Gasteiger partial charge < -0.3 is 15.1 Å². The summed E-state index contributed by atoms with van der Waals surface area (Å²) in [5.74, 6) is 1.48. The minimum Gasteiger partial charge on any atom is -0.353 e. The van der Waals surface area contributed by atoms with Gasteiger partial charge in [0, 0.05) is 38.1 Å². The number of carbonyl (C=O) groups is 1. The zero-order valence-corrected chi connectivity index (χ0v) is 16.7. The van der Waals surface area contributed by atoms with E-state index in [2.05, 4.69) is 57.4 Å². The summed E-state index contributed by atoms with van der Waals surface area (Å²) in [6.07, 6.45) is 1.79. The summed E-state index contributed by atoms with van der Waals surface area (Å²) in [5, 5.41) is 11.6. The topological polar surface area (TPSA) is 74.2 Å². The van der Waals surface area contributed by atoms with E-state index in [4.69, 9.17) is 0 Å². The minimum absolute atomic E-state index is 0.0869. The molecule has 148 valence electrons. The summed E-state index contributed by atoms with van der Waals surface area (Å²) in [6, 6.07) is 15.6. The Kier molecular flexibility index (Phi) is 5.37. The summed E-state index contributed by atoms with van der Waals surface area (Å²) < 4.78 is 0. The molecular weight excluding hydrogens is 364 g/mol. The van der Waals surface area contributed by atoms with E-state index in [1.165, 1.54) is 11.1 Å². The van der Waals surface area contributed by atoms with Gasteiger partial charge in [-0.1, -0.05) is 12.1 Å². The van der Waals surface area contributed by atoms with E-state index in [0.29, 0.717) is 24.6 Å². The second-order valence-electron chi connectivity index (χ2n) is 7.27. The Morgan fingerprint density at radius 3 is 2.31 bits per heavy atom. The van der Waals surface area contributed by atoms with Crippen LogP contribution in [-0.4, -0.2) is 52.2 Å². The number of nitrogens with one attached hydrogen (secondary N) is 1. The molecule has 0 unspecified atom stereocenters. The van der Waals surface area contributed by atoms with Crippen molar-refractivity contribution in [3.05, 3.63) is 71.5 Å². The number of anilines is 3. The van der Waals surface area contributed by atoms with Gasteiger partial charge in [-0.05, 0) is 61.4 Å². The molecule has 29 heavy (non-hydrogen) atoms. The molecule has 1 saturated heterocycles. The van der Waals surface area contributed by atoms with Crippen LogP contribution in [-0.2, 0) is 0 Å². The molecule has 1 N–H and O–H groups in total. The van der Waals surface area contributed by atoms with E-state index in [1.807, 2.05) is 23.1 Å². The minimum atomic E-state index is -0.0869. The van der Waals surface area contributed by atoms with Crippen LogP contribution in [0.25, 0.3) is 0 Å². The Balaban J connectivity index is 1.37. The molecule has 2 aromatic heterocycles. The van der Waals surface area contributed by atoms with Crippen molar-refractivity contribution in [2.24, 2.45) is 0 Å². The standard InChI is InChI=1S/C22H24N6O/c1-16-13-17(2)15-18(14-16)24-20-7-6-19(25-26-20)22(29)28-11-9-27(10-12-28)21-5-3-4-8-23-21/h3-8,13-15H,9-12H2,1-2H3,(H,24,26). The highest BCUT2D eigenvalue weighted by Gasteiger charge is 2.23. The maximum atomic E-state index is 12.8. The highest BCUT2D eigenvalue weighted by atomic mass is 16.2. The molecule has 0 atom stereocenters. The first-order valence-electron chi connectivity index (χ1n) is 9.73. The summed E-state index contributed by atoms with van der Waals surface area (Å²) in [7, 11) is 0. The average molecular weight is 388 g/mol. The van der Waals surface area contributed by atoms with Crippen LogP contribution in [0.2, 0.25) is 0 Å². The van der Waals surface area contributed by atoms with Crippen molar-refractivity contribution < 1.29 is 4.79 Å². The predicted octanol–water partition coefficient (Wildman–Crippen LogP) is 3.19. The molecule has 1 amide bonds. The van der Waals surface area contributed by atoms with Crippen LogP contribution in [0.1, 0.15) is 21.6 Å². The number of amides is 1. The van der Waals surface area contributed by atoms with Crippen molar-refractivity contribution in [1.82, 2.24) is 20.1 Å². The molecule has 3 heterocycles. The number of nitrogens with zero attached hydrogens (tertiary/aromatic N) is 5. The van der Waals surface area contributed by atoms with Gasteiger partial charge in [0.25, 0.3) is 5.91 Å². The first-order chi connectivity index (χ1) is 14.1. The third-order valence-electron chi connectivity index (χ3n) is 4.92. The number of carbonyl (C=O) groups excluding carboxylic acids is 1. The number of hydrogen-bond acceptors (Lipinski definition) is 6. The normalized spacial score (nSPS) is 14.0. The van der Waals surface area contributed by atoms with Crippen molar-refractivity contribution in [2.75, 3.05) is 36.4 Å². The fraction of sp³-hybridized carbons (Fsp3) is 0.273. The largest absolute Gasteiger partial charge is 0.353 e. The molecule has 0 radical (unpaired) electrons. The van der Waals surface area contributed by atoms with Crippen LogP contribution in [0.4, 0.5) is 17.3 Å². The van der Waals surface area contributed by atoms with E-state index in [9.17, 15) is 4.79 Å². The number of piperazine rings is 1. The van der Waals surface area contributed by atoms with Crippen LogP contribution in [0.5, 0.6) is 0 Å². The first-order valence-corrected chi connectivity index (χ1v) is 9.73. The zero-order chi connectivity index (χ0) is 20.2. The molecule has 3 aromatic rings. The Morgan fingerprint density at radius 2 is 1.69 bits per heavy atom. The summed E-state index contributed by atoms with van der Waals surface area (Å²) in [4.78, 5) is 21.2. The van der Waals surface area contributed by atoms with Gasteiger partial charge in [-0.25, -0.2) is 4.98 Å². The van der Waals surface area contributed by atoms with Gasteiger partial charge in [0.05, 0.1) is 0 Å². The van der Waals surface area contributed by atoms with Gasteiger partial charge in [0.15, 0.2) is 11.5 Å². The molecule has 7 nitrogen and oxygen atoms in total. The SMILES string of the molecule is Cc1cc(C)cc(Nc2ccc(C(=O)N3CCN(c4ccccn4)CC3)nn2)c1. The maximum absolute atomic E-state index is 12.8.